The van der Waals surface area contributed by atoms with Crippen LogP contribution >= 0.6 is 23.2 Å². The molecule has 20 heavy (non-hydrogen) atoms. The lowest BCUT2D eigenvalue weighted by molar-refractivity contribution is -0.151. The second-order valence-corrected chi connectivity index (χ2v) is 6.66. The van der Waals surface area contributed by atoms with Gasteiger partial charge < -0.3 is 5.11 Å². The van der Waals surface area contributed by atoms with E-state index in [0.717, 1.165) is 12.1 Å². The van der Waals surface area contributed by atoms with Crippen LogP contribution in [0.1, 0.15) is 25.8 Å². The van der Waals surface area contributed by atoms with Crippen LogP contribution in [0.2, 0.25) is 10.0 Å². The van der Waals surface area contributed by atoms with E-state index < -0.39 is 11.4 Å². The molecule has 0 spiro atoms. The van der Waals surface area contributed by atoms with E-state index in [1.54, 1.807) is 6.07 Å². The summed E-state index contributed by atoms with van der Waals surface area (Å²) in [5, 5.41) is 10.8. The van der Waals surface area contributed by atoms with Crippen LogP contribution < -0.4 is 0 Å². The van der Waals surface area contributed by atoms with E-state index in [1.807, 2.05) is 26.0 Å². The molecule has 1 aliphatic rings. The van der Waals surface area contributed by atoms with Gasteiger partial charge in [0.25, 0.3) is 0 Å². The van der Waals surface area contributed by atoms with E-state index in [0.29, 0.717) is 29.6 Å². The number of nitrogens with zero attached hydrogens (tertiary/aromatic N) is 1. The van der Waals surface area contributed by atoms with E-state index in [4.69, 9.17) is 23.2 Å². The number of rotatable bonds is 4. The number of carboxylic acids is 1. The Hall–Kier alpha value is -0.770. The first-order chi connectivity index (χ1) is 9.35. The van der Waals surface area contributed by atoms with Gasteiger partial charge >= 0.3 is 5.97 Å². The molecule has 0 bridgehead atoms. The zero-order chi connectivity index (χ0) is 14.9. The van der Waals surface area contributed by atoms with Crippen LogP contribution in [0.5, 0.6) is 0 Å². The Bertz CT molecular complexity index is 519. The molecule has 0 aliphatic carbocycles. The Balaban J connectivity index is 2.11. The van der Waals surface area contributed by atoms with Gasteiger partial charge in [0.15, 0.2) is 0 Å². The molecule has 0 amide bonds. The average Bonchev–Trinajstić information content (AvgIpc) is 2.78. The maximum Gasteiger partial charge on any atom is 0.311 e. The van der Waals surface area contributed by atoms with Crippen LogP contribution in [0.15, 0.2) is 18.2 Å². The van der Waals surface area contributed by atoms with Gasteiger partial charge in [-0.1, -0.05) is 43.1 Å². The topological polar surface area (TPSA) is 40.5 Å². The Morgan fingerprint density at radius 1 is 1.45 bits per heavy atom. The van der Waals surface area contributed by atoms with Crippen molar-refractivity contribution in [3.63, 3.8) is 0 Å². The van der Waals surface area contributed by atoms with Crippen molar-refractivity contribution in [1.29, 1.82) is 0 Å². The molecule has 0 radical (unpaired) electrons. The average molecular weight is 316 g/mol. The third-order valence-electron chi connectivity index (χ3n) is 4.32. The summed E-state index contributed by atoms with van der Waals surface area (Å²) in [5.74, 6) is -0.581. The number of benzene rings is 1. The number of hydrogen-bond acceptors (Lipinski definition) is 2. The molecule has 5 heteroatoms. The van der Waals surface area contributed by atoms with Crippen LogP contribution in [0.25, 0.3) is 0 Å². The highest BCUT2D eigenvalue weighted by Gasteiger charge is 2.47. The van der Waals surface area contributed by atoms with E-state index in [2.05, 4.69) is 4.90 Å². The van der Waals surface area contributed by atoms with Gasteiger partial charge in [-0.15, -0.1) is 0 Å². The fourth-order valence-electron chi connectivity index (χ4n) is 2.83. The quantitative estimate of drug-likeness (QED) is 0.915. The normalized spacial score (nSPS) is 23.4. The lowest BCUT2D eigenvalue weighted by atomic mass is 9.76. The van der Waals surface area contributed by atoms with Crippen LogP contribution in [-0.2, 0) is 11.3 Å². The fraction of sp³-hybridized carbons (Fsp3) is 0.533. The smallest absolute Gasteiger partial charge is 0.311 e. The van der Waals surface area contributed by atoms with Crippen molar-refractivity contribution >= 4 is 29.2 Å². The molecular weight excluding hydrogens is 297 g/mol. The van der Waals surface area contributed by atoms with E-state index in [9.17, 15) is 9.90 Å². The van der Waals surface area contributed by atoms with Gasteiger partial charge in [0.1, 0.15) is 0 Å². The monoisotopic (exact) mass is 315 g/mol. The number of hydrogen-bond donors (Lipinski definition) is 1. The molecule has 1 unspecified atom stereocenters. The maximum absolute atomic E-state index is 11.6. The van der Waals surface area contributed by atoms with Crippen LogP contribution in [0.4, 0.5) is 0 Å². The molecule has 0 aromatic heterocycles. The third kappa shape index (κ3) is 2.95. The first kappa shape index (κ1) is 15.6. The molecule has 1 atom stereocenters. The second-order valence-electron chi connectivity index (χ2n) is 5.81. The second kappa shape index (κ2) is 5.92. The summed E-state index contributed by atoms with van der Waals surface area (Å²) in [6, 6.07) is 5.44. The van der Waals surface area contributed by atoms with Crippen LogP contribution in [0.3, 0.4) is 0 Å². The highest BCUT2D eigenvalue weighted by atomic mass is 35.5. The molecular formula is C15H19Cl2NO2. The molecule has 110 valence electrons. The maximum atomic E-state index is 11.6. The van der Waals surface area contributed by atoms with Crippen LogP contribution in [-0.4, -0.2) is 29.1 Å². The van der Waals surface area contributed by atoms with Gasteiger partial charge in [-0.25, -0.2) is 0 Å². The number of aliphatic carboxylic acids is 1. The van der Waals surface area contributed by atoms with E-state index in [1.165, 1.54) is 0 Å². The zero-order valence-electron chi connectivity index (χ0n) is 11.7. The molecule has 1 aliphatic heterocycles. The van der Waals surface area contributed by atoms with Crippen molar-refractivity contribution in [2.24, 2.45) is 11.3 Å². The van der Waals surface area contributed by atoms with Gasteiger partial charge in [0, 0.05) is 23.1 Å². The Morgan fingerprint density at radius 2 is 2.15 bits per heavy atom. The number of halogens is 2. The van der Waals surface area contributed by atoms with Gasteiger partial charge in [-0.3, -0.25) is 9.69 Å². The predicted molar refractivity (Wildman–Crippen MR) is 81.3 cm³/mol. The van der Waals surface area contributed by atoms with Gasteiger partial charge in [0.2, 0.25) is 0 Å². The first-order valence-corrected chi connectivity index (χ1v) is 7.50. The van der Waals surface area contributed by atoms with Crippen molar-refractivity contribution < 1.29 is 9.90 Å². The summed E-state index contributed by atoms with van der Waals surface area (Å²) >= 11 is 12.1. The molecule has 1 aromatic rings. The molecule has 0 saturated carbocycles. The molecule has 1 heterocycles. The van der Waals surface area contributed by atoms with Gasteiger partial charge in [0.05, 0.1) is 5.41 Å². The van der Waals surface area contributed by atoms with Crippen molar-refractivity contribution in [2.75, 3.05) is 13.1 Å². The van der Waals surface area contributed by atoms with Crippen molar-refractivity contribution in [3.05, 3.63) is 33.8 Å². The van der Waals surface area contributed by atoms with Crippen molar-refractivity contribution in [3.8, 4) is 0 Å². The lowest BCUT2D eigenvalue weighted by Gasteiger charge is -2.29. The zero-order valence-corrected chi connectivity index (χ0v) is 13.2. The highest BCUT2D eigenvalue weighted by Crippen LogP contribution is 2.39. The minimum absolute atomic E-state index is 0.116. The largest absolute Gasteiger partial charge is 0.481 e. The van der Waals surface area contributed by atoms with E-state index in [-0.39, 0.29) is 5.92 Å². The Labute approximate surface area is 129 Å². The predicted octanol–water partition coefficient (Wildman–Crippen LogP) is 3.93. The summed E-state index contributed by atoms with van der Waals surface area (Å²) in [6.07, 6.45) is 0.686. The standard InChI is InChI=1S/C15H19Cl2NO2/c1-10(2)15(14(19)20)5-6-18(9-15)8-11-3-4-12(16)7-13(11)17/h3-4,7,10H,5-6,8-9H2,1-2H3,(H,19,20). The number of carboxylic acid groups (broad SMARTS) is 1. The van der Waals surface area contributed by atoms with Crippen molar-refractivity contribution in [1.82, 2.24) is 4.90 Å². The summed E-state index contributed by atoms with van der Waals surface area (Å²) in [6.45, 7) is 5.97. The Kier molecular flexibility index (Phi) is 4.62. The van der Waals surface area contributed by atoms with Gasteiger partial charge in [-0.2, -0.15) is 0 Å². The molecule has 1 aromatic carbocycles. The SMILES string of the molecule is CC(C)C1(C(=O)O)CCN(Cc2ccc(Cl)cc2Cl)C1. The summed E-state index contributed by atoms with van der Waals surface area (Å²) in [5.41, 5.74) is 0.347. The summed E-state index contributed by atoms with van der Waals surface area (Å²) in [4.78, 5) is 13.8. The van der Waals surface area contributed by atoms with Crippen LogP contribution in [0, 0.1) is 11.3 Å². The Morgan fingerprint density at radius 3 is 2.65 bits per heavy atom. The number of carbonyl (C=O) groups is 1. The molecule has 1 N–H and O–H groups in total. The number of likely N-dealkylation sites (tertiary alicyclic amines) is 1. The highest BCUT2D eigenvalue weighted by molar-refractivity contribution is 6.35. The first-order valence-electron chi connectivity index (χ1n) is 6.75. The lowest BCUT2D eigenvalue weighted by Crippen LogP contribution is -2.39. The minimum atomic E-state index is -0.697. The minimum Gasteiger partial charge on any atom is -0.481 e. The molecule has 1 saturated heterocycles. The van der Waals surface area contributed by atoms with Crippen molar-refractivity contribution in [2.45, 2.75) is 26.8 Å². The summed E-state index contributed by atoms with van der Waals surface area (Å²) in [7, 11) is 0. The molecule has 2 rings (SSSR count). The molecule has 3 nitrogen and oxygen atoms in total. The molecule has 1 fully saturated rings. The summed E-state index contributed by atoms with van der Waals surface area (Å²) < 4.78 is 0. The van der Waals surface area contributed by atoms with E-state index >= 15 is 0 Å². The fourth-order valence-corrected chi connectivity index (χ4v) is 3.30. The van der Waals surface area contributed by atoms with Gasteiger partial charge in [-0.05, 0) is 36.6 Å². The third-order valence-corrected chi connectivity index (χ3v) is 4.91.